The fraction of sp³-hybridized carbons (Fsp3) is 0.273. The number of benzene rings is 1. The topological polar surface area (TPSA) is 0 Å². The number of hydrogen-bond acceptors (Lipinski definition) is 1. The fourth-order valence-electron chi connectivity index (χ4n) is 0.988. The molecule has 0 amide bonds. The first kappa shape index (κ1) is 9.22. The third-order valence-electron chi connectivity index (χ3n) is 1.72. The Morgan fingerprint density at radius 2 is 2.00 bits per heavy atom. The highest BCUT2D eigenvalue weighted by Gasteiger charge is 1.91. The third-order valence-corrected chi connectivity index (χ3v) is 2.33. The van der Waals surface area contributed by atoms with Crippen LogP contribution in [-0.2, 0) is 6.42 Å². The molecule has 0 aliphatic rings. The van der Waals surface area contributed by atoms with Crippen LogP contribution in [0, 0.1) is 12.3 Å². The summed E-state index contributed by atoms with van der Waals surface area (Å²) < 4.78 is 0. The first-order valence-electron chi connectivity index (χ1n) is 3.91. The van der Waals surface area contributed by atoms with Crippen molar-refractivity contribution in [2.24, 2.45) is 0 Å². The van der Waals surface area contributed by atoms with Gasteiger partial charge in [0.1, 0.15) is 0 Å². The second-order valence-electron chi connectivity index (χ2n) is 2.58. The molecule has 0 unspecified atom stereocenters. The molecule has 1 rings (SSSR count). The van der Waals surface area contributed by atoms with Crippen LogP contribution in [0.25, 0.3) is 0 Å². The lowest BCUT2D eigenvalue weighted by atomic mass is 10.1. The van der Waals surface area contributed by atoms with E-state index in [4.69, 9.17) is 6.42 Å². The first-order valence-corrected chi connectivity index (χ1v) is 5.30. The standard InChI is InChI=1S/C11H12S/c1-3-10-4-6-11(7-5-10)8-9-12-2/h1,4-7H,8-9H2,2H3. The maximum atomic E-state index is 5.25. The maximum Gasteiger partial charge on any atom is 0.0242 e. The van der Waals surface area contributed by atoms with Crippen molar-refractivity contribution in [1.29, 1.82) is 0 Å². The molecule has 0 nitrogen and oxygen atoms in total. The van der Waals surface area contributed by atoms with Gasteiger partial charge in [-0.3, -0.25) is 0 Å². The fourth-order valence-corrected chi connectivity index (χ4v) is 1.43. The zero-order chi connectivity index (χ0) is 8.81. The number of hydrogen-bond donors (Lipinski definition) is 0. The van der Waals surface area contributed by atoms with Gasteiger partial charge in [-0.25, -0.2) is 0 Å². The molecular weight excluding hydrogens is 164 g/mol. The lowest BCUT2D eigenvalue weighted by Crippen LogP contribution is -1.87. The van der Waals surface area contributed by atoms with Gasteiger partial charge in [0.2, 0.25) is 0 Å². The van der Waals surface area contributed by atoms with Crippen LogP contribution in [0.5, 0.6) is 0 Å². The van der Waals surface area contributed by atoms with Crippen LogP contribution in [0.4, 0.5) is 0 Å². The lowest BCUT2D eigenvalue weighted by molar-refractivity contribution is 1.16. The molecule has 0 heterocycles. The van der Waals surface area contributed by atoms with E-state index in [0.717, 1.165) is 12.0 Å². The molecule has 0 N–H and O–H groups in total. The minimum atomic E-state index is 0.961. The minimum absolute atomic E-state index is 0.961. The normalized spacial score (nSPS) is 9.33. The molecule has 0 aliphatic heterocycles. The van der Waals surface area contributed by atoms with Crippen LogP contribution in [0.2, 0.25) is 0 Å². The van der Waals surface area contributed by atoms with Crippen molar-refractivity contribution in [2.45, 2.75) is 6.42 Å². The first-order chi connectivity index (χ1) is 5.86. The van der Waals surface area contributed by atoms with Gasteiger partial charge in [0.25, 0.3) is 0 Å². The van der Waals surface area contributed by atoms with Crippen molar-refractivity contribution < 1.29 is 0 Å². The van der Waals surface area contributed by atoms with E-state index >= 15 is 0 Å². The number of aryl methyl sites for hydroxylation is 1. The van der Waals surface area contributed by atoms with Crippen molar-refractivity contribution in [2.75, 3.05) is 12.0 Å². The summed E-state index contributed by atoms with van der Waals surface area (Å²) >= 11 is 1.87. The van der Waals surface area contributed by atoms with Gasteiger partial charge in [-0.05, 0) is 36.1 Å². The van der Waals surface area contributed by atoms with E-state index in [2.05, 4.69) is 24.3 Å². The highest BCUT2D eigenvalue weighted by Crippen LogP contribution is 2.06. The number of terminal acetylenes is 1. The summed E-state index contributed by atoms with van der Waals surface area (Å²) in [5.41, 5.74) is 2.33. The van der Waals surface area contributed by atoms with Gasteiger partial charge in [0, 0.05) is 5.56 Å². The molecule has 1 aromatic rings. The Kier molecular flexibility index (Phi) is 3.76. The average Bonchev–Trinajstić information content (AvgIpc) is 2.15. The van der Waals surface area contributed by atoms with Crippen molar-refractivity contribution >= 4 is 11.8 Å². The predicted octanol–water partition coefficient (Wildman–Crippen LogP) is 2.57. The number of thioether (sulfide) groups is 1. The average molecular weight is 176 g/mol. The monoisotopic (exact) mass is 176 g/mol. The summed E-state index contributed by atoms with van der Waals surface area (Å²) in [5, 5.41) is 0. The van der Waals surface area contributed by atoms with E-state index in [1.54, 1.807) is 0 Å². The maximum absolute atomic E-state index is 5.25. The largest absolute Gasteiger partial charge is 0.165 e. The molecule has 12 heavy (non-hydrogen) atoms. The van der Waals surface area contributed by atoms with E-state index in [1.807, 2.05) is 23.9 Å². The van der Waals surface area contributed by atoms with E-state index in [-0.39, 0.29) is 0 Å². The second kappa shape index (κ2) is 4.90. The molecular formula is C11H12S. The van der Waals surface area contributed by atoms with E-state index < -0.39 is 0 Å². The van der Waals surface area contributed by atoms with Crippen LogP contribution >= 0.6 is 11.8 Å². The zero-order valence-electron chi connectivity index (χ0n) is 7.21. The Morgan fingerprint density at radius 1 is 1.33 bits per heavy atom. The molecule has 0 saturated heterocycles. The predicted molar refractivity (Wildman–Crippen MR) is 56.5 cm³/mol. The minimum Gasteiger partial charge on any atom is -0.165 e. The highest BCUT2D eigenvalue weighted by molar-refractivity contribution is 7.98. The van der Waals surface area contributed by atoms with Gasteiger partial charge in [0.15, 0.2) is 0 Å². The van der Waals surface area contributed by atoms with Crippen LogP contribution in [0.15, 0.2) is 24.3 Å². The summed E-state index contributed by atoms with van der Waals surface area (Å²) in [7, 11) is 0. The zero-order valence-corrected chi connectivity index (χ0v) is 8.03. The van der Waals surface area contributed by atoms with Crippen molar-refractivity contribution in [1.82, 2.24) is 0 Å². The molecule has 0 bridgehead atoms. The molecule has 0 aromatic heterocycles. The van der Waals surface area contributed by atoms with Gasteiger partial charge in [0.05, 0.1) is 0 Å². The second-order valence-corrected chi connectivity index (χ2v) is 3.57. The van der Waals surface area contributed by atoms with Crippen LogP contribution in [0.3, 0.4) is 0 Å². The molecule has 1 heteroatoms. The Labute approximate surface area is 78.4 Å². The van der Waals surface area contributed by atoms with E-state index in [1.165, 1.54) is 11.3 Å². The summed E-state index contributed by atoms with van der Waals surface area (Å²) in [4.78, 5) is 0. The van der Waals surface area contributed by atoms with E-state index in [9.17, 15) is 0 Å². The Morgan fingerprint density at radius 3 is 2.50 bits per heavy atom. The summed E-state index contributed by atoms with van der Waals surface area (Å²) in [6.45, 7) is 0. The summed E-state index contributed by atoms with van der Waals surface area (Å²) in [5.74, 6) is 3.78. The van der Waals surface area contributed by atoms with Crippen molar-refractivity contribution in [3.8, 4) is 12.3 Å². The highest BCUT2D eigenvalue weighted by atomic mass is 32.2. The third kappa shape index (κ3) is 2.64. The molecule has 0 fully saturated rings. The van der Waals surface area contributed by atoms with Crippen LogP contribution in [0.1, 0.15) is 11.1 Å². The summed E-state index contributed by atoms with van der Waals surface area (Å²) in [6.07, 6.45) is 8.50. The van der Waals surface area contributed by atoms with Gasteiger partial charge in [-0.15, -0.1) is 6.42 Å². The van der Waals surface area contributed by atoms with Crippen molar-refractivity contribution in [3.63, 3.8) is 0 Å². The molecule has 0 aliphatic carbocycles. The SMILES string of the molecule is C#Cc1ccc(CCSC)cc1. The molecule has 62 valence electrons. The van der Waals surface area contributed by atoms with Gasteiger partial charge < -0.3 is 0 Å². The van der Waals surface area contributed by atoms with Gasteiger partial charge >= 0.3 is 0 Å². The lowest BCUT2D eigenvalue weighted by Gasteiger charge is -1.98. The van der Waals surface area contributed by atoms with Gasteiger partial charge in [-0.2, -0.15) is 11.8 Å². The molecule has 0 atom stereocenters. The molecule has 0 spiro atoms. The van der Waals surface area contributed by atoms with Crippen molar-refractivity contribution in [3.05, 3.63) is 35.4 Å². The molecule has 0 saturated carbocycles. The van der Waals surface area contributed by atoms with Crippen LogP contribution in [-0.4, -0.2) is 12.0 Å². The van der Waals surface area contributed by atoms with Crippen LogP contribution < -0.4 is 0 Å². The Balaban J connectivity index is 2.60. The van der Waals surface area contributed by atoms with Gasteiger partial charge in [-0.1, -0.05) is 18.1 Å². The molecule has 1 aromatic carbocycles. The summed E-state index contributed by atoms with van der Waals surface area (Å²) in [6, 6.07) is 8.20. The van der Waals surface area contributed by atoms with E-state index in [0.29, 0.717) is 0 Å². The number of rotatable bonds is 3. The Bertz CT molecular complexity index is 266. The smallest absolute Gasteiger partial charge is 0.0242 e. The molecule has 0 radical (unpaired) electrons. The Hall–Kier alpha value is -0.870. The quantitative estimate of drug-likeness (QED) is 0.638.